The Morgan fingerprint density at radius 2 is 1.22 bits per heavy atom. The van der Waals surface area contributed by atoms with E-state index >= 15 is 0 Å². The summed E-state index contributed by atoms with van der Waals surface area (Å²) in [7, 11) is 0. The quantitative estimate of drug-likeness (QED) is 0.875. The SMILES string of the molecule is NC(c1cc(F)cc(F)c1)c1cc(Cl)cc(Cl)c1. The second kappa shape index (κ2) is 5.22. The fourth-order valence-corrected chi connectivity index (χ4v) is 2.24. The highest BCUT2D eigenvalue weighted by Gasteiger charge is 2.12. The van der Waals surface area contributed by atoms with E-state index < -0.39 is 17.7 Å². The zero-order valence-corrected chi connectivity index (χ0v) is 10.6. The summed E-state index contributed by atoms with van der Waals surface area (Å²) in [5, 5.41) is 0.842. The van der Waals surface area contributed by atoms with Gasteiger partial charge in [0.2, 0.25) is 0 Å². The molecule has 5 heteroatoms. The molecule has 2 rings (SSSR count). The van der Waals surface area contributed by atoms with Gasteiger partial charge in [-0.25, -0.2) is 8.78 Å². The Labute approximate surface area is 113 Å². The summed E-state index contributed by atoms with van der Waals surface area (Å²) in [6.45, 7) is 0. The van der Waals surface area contributed by atoms with Crippen molar-refractivity contribution in [3.63, 3.8) is 0 Å². The third kappa shape index (κ3) is 2.99. The summed E-state index contributed by atoms with van der Waals surface area (Å²) in [5.41, 5.74) is 6.86. The number of nitrogens with two attached hydrogens (primary N) is 1. The molecule has 18 heavy (non-hydrogen) atoms. The molecule has 0 amide bonds. The Hall–Kier alpha value is -1.16. The zero-order valence-electron chi connectivity index (χ0n) is 9.13. The van der Waals surface area contributed by atoms with E-state index in [2.05, 4.69) is 0 Å². The van der Waals surface area contributed by atoms with Crippen LogP contribution in [-0.4, -0.2) is 0 Å². The molecule has 2 N–H and O–H groups in total. The van der Waals surface area contributed by atoms with Crippen molar-refractivity contribution in [3.05, 3.63) is 69.2 Å². The van der Waals surface area contributed by atoms with Gasteiger partial charge in [-0.3, -0.25) is 0 Å². The first-order chi connectivity index (χ1) is 8.45. The van der Waals surface area contributed by atoms with Gasteiger partial charge in [0.1, 0.15) is 11.6 Å². The molecule has 0 heterocycles. The largest absolute Gasteiger partial charge is 0.320 e. The minimum Gasteiger partial charge on any atom is -0.320 e. The lowest BCUT2D eigenvalue weighted by atomic mass is 9.99. The Bertz CT molecular complexity index is 495. The van der Waals surface area contributed by atoms with Gasteiger partial charge in [0.15, 0.2) is 0 Å². The van der Waals surface area contributed by atoms with Crippen LogP contribution in [0.3, 0.4) is 0 Å². The summed E-state index contributed by atoms with van der Waals surface area (Å²) in [4.78, 5) is 0. The molecule has 94 valence electrons. The van der Waals surface area contributed by atoms with Crippen molar-refractivity contribution in [2.45, 2.75) is 6.04 Å². The van der Waals surface area contributed by atoms with E-state index in [1.165, 1.54) is 12.1 Å². The van der Waals surface area contributed by atoms with Crippen molar-refractivity contribution in [2.24, 2.45) is 5.73 Å². The van der Waals surface area contributed by atoms with Gasteiger partial charge in [-0.15, -0.1) is 0 Å². The second-order valence-electron chi connectivity index (χ2n) is 3.88. The fourth-order valence-electron chi connectivity index (χ4n) is 1.70. The van der Waals surface area contributed by atoms with Crippen LogP contribution in [0.1, 0.15) is 17.2 Å². The van der Waals surface area contributed by atoms with Crippen LogP contribution in [0.4, 0.5) is 8.78 Å². The topological polar surface area (TPSA) is 26.0 Å². The van der Waals surface area contributed by atoms with Crippen molar-refractivity contribution < 1.29 is 8.78 Å². The maximum Gasteiger partial charge on any atom is 0.126 e. The maximum absolute atomic E-state index is 13.1. The van der Waals surface area contributed by atoms with Gasteiger partial charge in [-0.2, -0.15) is 0 Å². The lowest BCUT2D eigenvalue weighted by molar-refractivity contribution is 0.577. The highest BCUT2D eigenvalue weighted by molar-refractivity contribution is 6.34. The Kier molecular flexibility index (Phi) is 3.85. The minimum absolute atomic E-state index is 0.325. The first-order valence-electron chi connectivity index (χ1n) is 5.13. The van der Waals surface area contributed by atoms with Crippen LogP contribution in [0.2, 0.25) is 10.0 Å². The number of hydrogen-bond acceptors (Lipinski definition) is 1. The van der Waals surface area contributed by atoms with Crippen molar-refractivity contribution in [1.82, 2.24) is 0 Å². The maximum atomic E-state index is 13.1. The predicted octanol–water partition coefficient (Wildman–Crippen LogP) is 4.32. The van der Waals surface area contributed by atoms with E-state index in [1.807, 2.05) is 0 Å². The van der Waals surface area contributed by atoms with Gasteiger partial charge in [0.05, 0.1) is 6.04 Å². The van der Waals surface area contributed by atoms with E-state index in [0.717, 1.165) is 6.07 Å². The lowest BCUT2D eigenvalue weighted by Crippen LogP contribution is -2.12. The van der Waals surface area contributed by atoms with Gasteiger partial charge in [0.25, 0.3) is 0 Å². The lowest BCUT2D eigenvalue weighted by Gasteiger charge is -2.13. The highest BCUT2D eigenvalue weighted by atomic mass is 35.5. The molecule has 1 unspecified atom stereocenters. The molecule has 0 aromatic heterocycles. The van der Waals surface area contributed by atoms with E-state index in [4.69, 9.17) is 28.9 Å². The van der Waals surface area contributed by atoms with Crippen molar-refractivity contribution in [1.29, 1.82) is 0 Å². The molecule has 1 atom stereocenters. The van der Waals surface area contributed by atoms with Crippen LogP contribution < -0.4 is 5.73 Å². The van der Waals surface area contributed by atoms with Crippen LogP contribution >= 0.6 is 23.2 Å². The number of hydrogen-bond donors (Lipinski definition) is 1. The van der Waals surface area contributed by atoms with Crippen LogP contribution in [-0.2, 0) is 0 Å². The summed E-state index contributed by atoms with van der Waals surface area (Å²) in [6.07, 6.45) is 0. The van der Waals surface area contributed by atoms with Gasteiger partial charge >= 0.3 is 0 Å². The molecule has 0 aliphatic heterocycles. The van der Waals surface area contributed by atoms with Crippen molar-refractivity contribution in [2.75, 3.05) is 0 Å². The van der Waals surface area contributed by atoms with E-state index in [-0.39, 0.29) is 0 Å². The molecule has 2 aromatic carbocycles. The fraction of sp³-hybridized carbons (Fsp3) is 0.0769. The smallest absolute Gasteiger partial charge is 0.126 e. The molecule has 2 aromatic rings. The minimum atomic E-state index is -0.689. The van der Waals surface area contributed by atoms with Gasteiger partial charge in [-0.05, 0) is 41.5 Å². The molecule has 0 aliphatic carbocycles. The van der Waals surface area contributed by atoms with Gasteiger partial charge in [-0.1, -0.05) is 23.2 Å². The third-order valence-corrected chi connectivity index (χ3v) is 2.92. The number of benzene rings is 2. The summed E-state index contributed by atoms with van der Waals surface area (Å²) in [5.74, 6) is -1.35. The average molecular weight is 288 g/mol. The number of rotatable bonds is 2. The van der Waals surface area contributed by atoms with E-state index in [0.29, 0.717) is 21.2 Å². The zero-order chi connectivity index (χ0) is 13.3. The van der Waals surface area contributed by atoms with E-state index in [9.17, 15) is 8.78 Å². The monoisotopic (exact) mass is 287 g/mol. The third-order valence-electron chi connectivity index (χ3n) is 2.49. The van der Waals surface area contributed by atoms with Crippen molar-refractivity contribution in [3.8, 4) is 0 Å². The van der Waals surface area contributed by atoms with Gasteiger partial charge in [0, 0.05) is 16.1 Å². The van der Waals surface area contributed by atoms with Crippen LogP contribution in [0.5, 0.6) is 0 Å². The van der Waals surface area contributed by atoms with Crippen molar-refractivity contribution >= 4 is 23.2 Å². The molecular formula is C13H9Cl2F2N. The standard InChI is InChI=1S/C13H9Cl2F2N/c14-9-1-7(2-10(15)5-9)13(18)8-3-11(16)6-12(17)4-8/h1-6,13H,18H2. The number of halogens is 4. The summed E-state index contributed by atoms with van der Waals surface area (Å²) in [6, 6.07) is 7.26. The van der Waals surface area contributed by atoms with E-state index in [1.54, 1.807) is 18.2 Å². The van der Waals surface area contributed by atoms with Crippen LogP contribution in [0.15, 0.2) is 36.4 Å². The Morgan fingerprint density at radius 1 is 0.778 bits per heavy atom. The Balaban J connectivity index is 2.43. The molecular weight excluding hydrogens is 279 g/mol. The molecule has 0 fully saturated rings. The first kappa shape index (κ1) is 13.3. The molecule has 0 saturated heterocycles. The van der Waals surface area contributed by atoms with Crippen LogP contribution in [0, 0.1) is 11.6 Å². The molecule has 1 nitrogen and oxygen atoms in total. The molecule has 0 saturated carbocycles. The molecule has 0 spiro atoms. The van der Waals surface area contributed by atoms with Crippen LogP contribution in [0.25, 0.3) is 0 Å². The normalized spacial score (nSPS) is 12.5. The predicted molar refractivity (Wildman–Crippen MR) is 68.9 cm³/mol. The highest BCUT2D eigenvalue weighted by Crippen LogP contribution is 2.27. The Morgan fingerprint density at radius 3 is 1.72 bits per heavy atom. The second-order valence-corrected chi connectivity index (χ2v) is 4.76. The first-order valence-corrected chi connectivity index (χ1v) is 5.89. The summed E-state index contributed by atoms with van der Waals surface area (Å²) >= 11 is 11.7. The molecule has 0 aliphatic rings. The van der Waals surface area contributed by atoms with Gasteiger partial charge < -0.3 is 5.73 Å². The molecule has 0 radical (unpaired) electrons. The average Bonchev–Trinajstić information content (AvgIpc) is 2.25. The molecule has 0 bridgehead atoms. The summed E-state index contributed by atoms with van der Waals surface area (Å²) < 4.78 is 26.2.